The molecule has 11 heteroatoms. The number of allylic oxidation sites excluding steroid dienone is 1. The highest BCUT2D eigenvalue weighted by atomic mass is 35.5. The number of benzene rings is 2. The topological polar surface area (TPSA) is 110 Å². The number of carbonyl (C=O) groups is 1. The molecule has 1 saturated heterocycles. The van der Waals surface area contributed by atoms with Crippen molar-refractivity contribution in [1.82, 2.24) is 19.8 Å². The van der Waals surface area contributed by atoms with Crippen molar-refractivity contribution >= 4 is 34.8 Å². The Kier molecular flexibility index (Phi) is 7.47. The van der Waals surface area contributed by atoms with E-state index >= 15 is 0 Å². The molecule has 1 aliphatic rings. The smallest absolute Gasteiger partial charge is 0.210 e. The number of hydrogen-bond donors (Lipinski definition) is 1. The highest BCUT2D eigenvalue weighted by molar-refractivity contribution is 7.99. The molecule has 174 valence electrons. The lowest BCUT2D eigenvalue weighted by molar-refractivity contribution is -0.112. The monoisotopic (exact) mass is 498 g/mol. The van der Waals surface area contributed by atoms with Crippen LogP contribution >= 0.6 is 23.4 Å². The number of carbonyl (C=O) groups excluding carboxylic acids is 1. The summed E-state index contributed by atoms with van der Waals surface area (Å²) in [4.78, 5) is 15.1. The zero-order valence-electron chi connectivity index (χ0n) is 17.9. The van der Waals surface area contributed by atoms with Crippen LogP contribution in [0.15, 0.2) is 59.3 Å². The number of Topliss-reactive ketones (excluding diaryl/α,β-unsaturated/α-hetero) is 1. The molecule has 0 bridgehead atoms. The fourth-order valence-electron chi connectivity index (χ4n) is 3.50. The van der Waals surface area contributed by atoms with Crippen molar-refractivity contribution in [3.05, 3.63) is 70.5 Å². The molecule has 4 rings (SSSR count). The van der Waals surface area contributed by atoms with Gasteiger partial charge in [0.2, 0.25) is 5.16 Å². The van der Waals surface area contributed by atoms with Gasteiger partial charge in [-0.15, -0.1) is 10.2 Å². The summed E-state index contributed by atoms with van der Waals surface area (Å²) in [5.41, 5.74) is 1.76. The van der Waals surface area contributed by atoms with Crippen LogP contribution in [0.3, 0.4) is 0 Å². The second kappa shape index (κ2) is 10.7. The van der Waals surface area contributed by atoms with Crippen molar-refractivity contribution in [3.63, 3.8) is 0 Å². The number of rotatable bonds is 7. The molecule has 0 spiro atoms. The molecule has 34 heavy (non-hydrogen) atoms. The molecular formula is C23H20ClFN6O2S. The predicted octanol–water partition coefficient (Wildman–Crippen LogP) is 3.38. The fraction of sp³-hybridized carbons (Fsp3) is 0.217. The number of halogens is 2. The van der Waals surface area contributed by atoms with Crippen LogP contribution in [0.4, 0.5) is 4.39 Å². The van der Waals surface area contributed by atoms with Crippen molar-refractivity contribution in [2.24, 2.45) is 0 Å². The summed E-state index contributed by atoms with van der Waals surface area (Å²) in [5, 5.41) is 19.0. The van der Waals surface area contributed by atoms with Crippen molar-refractivity contribution in [3.8, 4) is 17.5 Å². The molecule has 1 fully saturated rings. The fourth-order valence-corrected chi connectivity index (χ4v) is 4.36. The van der Waals surface area contributed by atoms with E-state index in [-0.39, 0.29) is 11.3 Å². The minimum absolute atomic E-state index is 0.0120. The van der Waals surface area contributed by atoms with E-state index in [9.17, 15) is 14.4 Å². The summed E-state index contributed by atoms with van der Waals surface area (Å²) in [5.74, 6) is 5.69. The van der Waals surface area contributed by atoms with Crippen LogP contribution in [0, 0.1) is 17.1 Å². The van der Waals surface area contributed by atoms with Gasteiger partial charge in [-0.1, -0.05) is 23.4 Å². The summed E-state index contributed by atoms with van der Waals surface area (Å²) < 4.78 is 20.2. The minimum atomic E-state index is -0.399. The van der Waals surface area contributed by atoms with Crippen LogP contribution in [-0.4, -0.2) is 57.6 Å². The van der Waals surface area contributed by atoms with Gasteiger partial charge in [0, 0.05) is 23.7 Å². The Morgan fingerprint density at radius 1 is 1.15 bits per heavy atom. The summed E-state index contributed by atoms with van der Waals surface area (Å²) >= 11 is 7.01. The molecule has 0 unspecified atom stereocenters. The first kappa shape index (κ1) is 23.8. The standard InChI is InChI=1S/C23H20ClFN6O2S/c24-17-5-1-16(2-6-17)22-28-29-23(31(22)27)34-14-20(32)19(13-26)21(30-9-11-33-12-10-30)15-3-7-18(25)8-4-15/h1-8H,9-12,14,27H2. The minimum Gasteiger partial charge on any atom is -0.378 e. The maximum Gasteiger partial charge on any atom is 0.210 e. The molecule has 3 aromatic rings. The first-order chi connectivity index (χ1) is 16.5. The third kappa shape index (κ3) is 5.22. The van der Waals surface area contributed by atoms with Gasteiger partial charge in [-0.05, 0) is 54.1 Å². The van der Waals surface area contributed by atoms with Gasteiger partial charge in [0.05, 0.1) is 24.7 Å². The number of ketones is 1. The molecule has 0 aliphatic carbocycles. The van der Waals surface area contributed by atoms with Gasteiger partial charge in [-0.25, -0.2) is 9.07 Å². The van der Waals surface area contributed by atoms with Crippen LogP contribution in [0.25, 0.3) is 17.1 Å². The highest BCUT2D eigenvalue weighted by Gasteiger charge is 2.24. The Labute approximate surface area is 204 Å². The van der Waals surface area contributed by atoms with E-state index in [1.165, 1.54) is 16.8 Å². The molecule has 0 amide bonds. The van der Waals surface area contributed by atoms with E-state index in [4.69, 9.17) is 22.2 Å². The lowest BCUT2D eigenvalue weighted by Gasteiger charge is -2.32. The number of nitriles is 1. The van der Waals surface area contributed by atoms with Crippen LogP contribution in [0.2, 0.25) is 5.02 Å². The average molecular weight is 499 g/mol. The van der Waals surface area contributed by atoms with Crippen molar-refractivity contribution < 1.29 is 13.9 Å². The molecule has 2 aromatic carbocycles. The van der Waals surface area contributed by atoms with E-state index in [0.29, 0.717) is 53.6 Å². The van der Waals surface area contributed by atoms with Crippen molar-refractivity contribution in [2.45, 2.75) is 5.16 Å². The first-order valence-electron chi connectivity index (χ1n) is 10.3. The van der Waals surface area contributed by atoms with Gasteiger partial charge in [0.25, 0.3) is 0 Å². The Balaban J connectivity index is 1.59. The zero-order valence-corrected chi connectivity index (χ0v) is 19.5. The normalized spacial score (nSPS) is 14.4. The number of ether oxygens (including phenoxy) is 1. The largest absolute Gasteiger partial charge is 0.378 e. The maximum atomic E-state index is 13.5. The van der Waals surface area contributed by atoms with Gasteiger partial charge in [-0.3, -0.25) is 4.79 Å². The number of hydrogen-bond acceptors (Lipinski definition) is 8. The molecule has 0 saturated carbocycles. The summed E-state index contributed by atoms with van der Waals surface area (Å²) in [6.07, 6.45) is 0. The van der Waals surface area contributed by atoms with Gasteiger partial charge >= 0.3 is 0 Å². The predicted molar refractivity (Wildman–Crippen MR) is 128 cm³/mol. The zero-order chi connectivity index (χ0) is 24.1. The van der Waals surface area contributed by atoms with Crippen LogP contribution in [-0.2, 0) is 9.53 Å². The molecule has 2 N–H and O–H groups in total. The number of thioether (sulfide) groups is 1. The number of nitrogens with zero attached hydrogens (tertiary/aromatic N) is 5. The number of morpholine rings is 1. The van der Waals surface area contributed by atoms with E-state index in [0.717, 1.165) is 17.3 Å². The maximum absolute atomic E-state index is 13.5. The Hall–Kier alpha value is -3.39. The highest BCUT2D eigenvalue weighted by Crippen LogP contribution is 2.28. The molecular weight excluding hydrogens is 479 g/mol. The third-order valence-corrected chi connectivity index (χ3v) is 6.37. The quantitative estimate of drug-likeness (QED) is 0.228. The second-order valence-electron chi connectivity index (χ2n) is 7.34. The SMILES string of the molecule is N#CC(C(=O)CSc1nnc(-c2ccc(Cl)cc2)n1N)=C(c1ccc(F)cc1)N1CCOCC1. The van der Waals surface area contributed by atoms with Crippen LogP contribution in [0.1, 0.15) is 5.56 Å². The van der Waals surface area contributed by atoms with Gasteiger partial charge in [0.1, 0.15) is 17.5 Å². The molecule has 2 heterocycles. The van der Waals surface area contributed by atoms with Gasteiger partial charge in [0.15, 0.2) is 11.6 Å². The molecule has 1 aromatic heterocycles. The van der Waals surface area contributed by atoms with E-state index in [2.05, 4.69) is 16.3 Å². The molecule has 8 nitrogen and oxygen atoms in total. The lowest BCUT2D eigenvalue weighted by Crippen LogP contribution is -2.36. The summed E-state index contributed by atoms with van der Waals surface area (Å²) in [6.45, 7) is 1.96. The van der Waals surface area contributed by atoms with Crippen molar-refractivity contribution in [1.29, 1.82) is 5.26 Å². The molecule has 0 radical (unpaired) electrons. The lowest BCUT2D eigenvalue weighted by atomic mass is 10.0. The van der Waals surface area contributed by atoms with E-state index < -0.39 is 11.6 Å². The Bertz CT molecular complexity index is 1250. The summed E-state index contributed by atoms with van der Waals surface area (Å²) in [7, 11) is 0. The number of aromatic nitrogens is 3. The third-order valence-electron chi connectivity index (χ3n) is 5.17. The summed E-state index contributed by atoms with van der Waals surface area (Å²) in [6, 6.07) is 14.8. The van der Waals surface area contributed by atoms with Gasteiger partial charge < -0.3 is 15.5 Å². The van der Waals surface area contributed by atoms with Crippen LogP contribution < -0.4 is 5.84 Å². The first-order valence-corrected chi connectivity index (χ1v) is 11.7. The Morgan fingerprint density at radius 3 is 2.47 bits per heavy atom. The second-order valence-corrected chi connectivity index (χ2v) is 8.72. The average Bonchev–Trinajstić information content (AvgIpc) is 3.23. The van der Waals surface area contributed by atoms with Crippen molar-refractivity contribution in [2.75, 3.05) is 37.9 Å². The number of nitrogen functional groups attached to an aromatic ring is 1. The van der Waals surface area contributed by atoms with E-state index in [1.807, 2.05) is 4.90 Å². The van der Waals surface area contributed by atoms with Gasteiger partial charge in [-0.2, -0.15) is 5.26 Å². The Morgan fingerprint density at radius 2 is 1.82 bits per heavy atom. The van der Waals surface area contributed by atoms with Crippen LogP contribution in [0.5, 0.6) is 0 Å². The molecule has 0 atom stereocenters. The number of nitrogens with two attached hydrogens (primary N) is 1. The molecule has 1 aliphatic heterocycles. The van der Waals surface area contributed by atoms with E-state index in [1.54, 1.807) is 36.4 Å².